The Morgan fingerprint density at radius 1 is 1.28 bits per heavy atom. The highest BCUT2D eigenvalue weighted by atomic mass is 32.2. The van der Waals surface area contributed by atoms with E-state index in [0.717, 1.165) is 24.5 Å². The summed E-state index contributed by atoms with van der Waals surface area (Å²) in [6.45, 7) is 0. The van der Waals surface area contributed by atoms with E-state index in [-0.39, 0.29) is 23.3 Å². The number of carboxylic acid groups (broad SMARTS) is 1. The number of rotatable bonds is 5. The second-order valence-electron chi connectivity index (χ2n) is 5.70. The van der Waals surface area contributed by atoms with Gasteiger partial charge in [0.25, 0.3) is 11.6 Å². The first-order valence-electron chi connectivity index (χ1n) is 7.18. The molecule has 0 bridgehead atoms. The van der Waals surface area contributed by atoms with Crippen LogP contribution in [0, 0.1) is 10.1 Å². The van der Waals surface area contributed by atoms with Gasteiger partial charge in [-0.05, 0) is 30.4 Å². The van der Waals surface area contributed by atoms with E-state index < -0.39 is 37.9 Å². The molecule has 1 aromatic carbocycles. The lowest BCUT2D eigenvalue weighted by Gasteiger charge is -2.33. The van der Waals surface area contributed by atoms with Crippen LogP contribution in [0.15, 0.2) is 23.1 Å². The van der Waals surface area contributed by atoms with Gasteiger partial charge in [0.2, 0.25) is 0 Å². The number of sulfone groups is 1. The lowest BCUT2D eigenvalue weighted by atomic mass is 9.92. The van der Waals surface area contributed by atoms with Gasteiger partial charge in [-0.3, -0.25) is 14.9 Å². The van der Waals surface area contributed by atoms with Crippen LogP contribution < -0.4 is 5.32 Å². The topological polar surface area (TPSA) is 144 Å². The lowest BCUT2D eigenvalue weighted by molar-refractivity contribution is -0.385. The van der Waals surface area contributed by atoms with E-state index in [1.165, 1.54) is 0 Å². The van der Waals surface area contributed by atoms with Gasteiger partial charge in [-0.1, -0.05) is 0 Å². The summed E-state index contributed by atoms with van der Waals surface area (Å²) in [5.74, 6) is -0.940. The average molecular weight is 388 g/mol. The van der Waals surface area contributed by atoms with E-state index >= 15 is 0 Å². The van der Waals surface area contributed by atoms with Gasteiger partial charge in [0.1, 0.15) is 5.54 Å². The Labute approximate surface area is 147 Å². The number of hydrogen-bond donors (Lipinski definition) is 2. The van der Waals surface area contributed by atoms with Gasteiger partial charge in [0.05, 0.1) is 9.82 Å². The van der Waals surface area contributed by atoms with Crippen LogP contribution in [0.5, 0.6) is 0 Å². The number of thioether (sulfide) groups is 1. The summed E-state index contributed by atoms with van der Waals surface area (Å²) in [5, 5.41) is 22.9. The zero-order valence-electron chi connectivity index (χ0n) is 13.2. The highest BCUT2D eigenvalue weighted by Crippen LogP contribution is 2.28. The molecule has 0 saturated carbocycles. The summed E-state index contributed by atoms with van der Waals surface area (Å²) in [6, 6.07) is 2.79. The monoisotopic (exact) mass is 388 g/mol. The molecule has 136 valence electrons. The van der Waals surface area contributed by atoms with Crippen molar-refractivity contribution in [2.75, 3.05) is 17.8 Å². The first-order valence-corrected chi connectivity index (χ1v) is 10.2. The second-order valence-corrected chi connectivity index (χ2v) is 8.94. The molecule has 11 heteroatoms. The van der Waals surface area contributed by atoms with Crippen molar-refractivity contribution in [2.45, 2.75) is 23.3 Å². The number of carbonyl (C=O) groups is 2. The Balaban J connectivity index is 2.42. The molecule has 1 aliphatic heterocycles. The van der Waals surface area contributed by atoms with Crippen molar-refractivity contribution in [1.82, 2.24) is 5.32 Å². The third kappa shape index (κ3) is 4.28. The highest BCUT2D eigenvalue weighted by Gasteiger charge is 2.41. The standard InChI is InChI=1S/C14H16N2O7S2/c1-25(22,23)11-7-9(6-10(8-11)16(20)21)12(17)15-14(13(18)19)2-4-24-5-3-14/h6-8H,2-5H2,1H3,(H,15,17)(H,18,19). The van der Waals surface area contributed by atoms with Gasteiger partial charge >= 0.3 is 5.97 Å². The molecule has 0 unspecified atom stereocenters. The Kier molecular flexibility index (Phi) is 5.37. The fraction of sp³-hybridized carbons (Fsp3) is 0.429. The van der Waals surface area contributed by atoms with Crippen LogP contribution in [0.25, 0.3) is 0 Å². The molecule has 2 N–H and O–H groups in total. The predicted octanol–water partition coefficient (Wildman–Crippen LogP) is 1.08. The molecule has 1 aromatic rings. The molecular formula is C14H16N2O7S2. The predicted molar refractivity (Wildman–Crippen MR) is 90.6 cm³/mol. The van der Waals surface area contributed by atoms with Crippen molar-refractivity contribution in [3.63, 3.8) is 0 Å². The van der Waals surface area contributed by atoms with Gasteiger partial charge in [-0.25, -0.2) is 13.2 Å². The number of benzene rings is 1. The first kappa shape index (κ1) is 19.2. The summed E-state index contributed by atoms with van der Waals surface area (Å²) in [4.78, 5) is 33.9. The molecule has 0 spiro atoms. The Hall–Kier alpha value is -2.14. The summed E-state index contributed by atoms with van der Waals surface area (Å²) in [5.41, 5.74) is -2.29. The average Bonchev–Trinajstić information content (AvgIpc) is 2.54. The molecule has 25 heavy (non-hydrogen) atoms. The third-order valence-electron chi connectivity index (χ3n) is 3.90. The van der Waals surface area contributed by atoms with Crippen molar-refractivity contribution in [2.24, 2.45) is 0 Å². The summed E-state index contributed by atoms with van der Waals surface area (Å²) < 4.78 is 23.4. The van der Waals surface area contributed by atoms with E-state index in [9.17, 15) is 33.2 Å². The lowest BCUT2D eigenvalue weighted by Crippen LogP contribution is -2.56. The molecule has 2 rings (SSSR count). The van der Waals surface area contributed by atoms with Crippen molar-refractivity contribution < 1.29 is 28.0 Å². The highest BCUT2D eigenvalue weighted by molar-refractivity contribution is 7.99. The Bertz CT molecular complexity index is 830. The minimum atomic E-state index is -3.78. The maximum Gasteiger partial charge on any atom is 0.329 e. The third-order valence-corrected chi connectivity index (χ3v) is 5.98. The van der Waals surface area contributed by atoms with E-state index in [0.29, 0.717) is 11.5 Å². The number of nitrogens with zero attached hydrogens (tertiary/aromatic N) is 1. The van der Waals surface area contributed by atoms with Gasteiger partial charge in [-0.15, -0.1) is 0 Å². The maximum atomic E-state index is 12.5. The molecule has 1 fully saturated rings. The van der Waals surface area contributed by atoms with E-state index in [1.54, 1.807) is 11.8 Å². The van der Waals surface area contributed by atoms with Gasteiger partial charge in [0.15, 0.2) is 9.84 Å². The molecule has 0 radical (unpaired) electrons. The van der Waals surface area contributed by atoms with Crippen LogP contribution in [-0.2, 0) is 14.6 Å². The zero-order valence-corrected chi connectivity index (χ0v) is 14.9. The smallest absolute Gasteiger partial charge is 0.329 e. The van der Waals surface area contributed by atoms with Crippen LogP contribution in [0.2, 0.25) is 0 Å². The van der Waals surface area contributed by atoms with E-state index in [1.807, 2.05) is 0 Å². The Morgan fingerprint density at radius 3 is 2.36 bits per heavy atom. The van der Waals surface area contributed by atoms with Crippen molar-refractivity contribution >= 4 is 39.2 Å². The van der Waals surface area contributed by atoms with Gasteiger partial charge in [0, 0.05) is 24.0 Å². The molecule has 0 atom stereocenters. The molecule has 1 aliphatic rings. The number of nitro benzene ring substituents is 1. The molecular weight excluding hydrogens is 372 g/mol. The molecule has 9 nitrogen and oxygen atoms in total. The fourth-order valence-electron chi connectivity index (χ4n) is 2.44. The van der Waals surface area contributed by atoms with Crippen LogP contribution in [0.4, 0.5) is 5.69 Å². The number of carboxylic acids is 1. The summed E-state index contributed by atoms with van der Waals surface area (Å²) in [6.07, 6.45) is 1.30. The molecule has 1 amide bonds. The number of aliphatic carboxylic acids is 1. The number of carbonyl (C=O) groups excluding carboxylic acids is 1. The summed E-state index contributed by atoms with van der Waals surface area (Å²) in [7, 11) is -3.78. The molecule has 0 aliphatic carbocycles. The number of non-ortho nitro benzene ring substituents is 1. The first-order chi connectivity index (χ1) is 11.5. The Morgan fingerprint density at radius 2 is 1.88 bits per heavy atom. The van der Waals surface area contributed by atoms with Crippen LogP contribution in [0.1, 0.15) is 23.2 Å². The quantitative estimate of drug-likeness (QED) is 0.563. The summed E-state index contributed by atoms with van der Waals surface area (Å²) >= 11 is 1.57. The SMILES string of the molecule is CS(=O)(=O)c1cc(C(=O)NC2(C(=O)O)CCSCC2)cc([N+](=O)[O-])c1. The van der Waals surface area contributed by atoms with Crippen molar-refractivity contribution in [3.05, 3.63) is 33.9 Å². The molecule has 1 heterocycles. The number of hydrogen-bond acceptors (Lipinski definition) is 7. The zero-order chi connectivity index (χ0) is 18.8. The van der Waals surface area contributed by atoms with Gasteiger partial charge in [-0.2, -0.15) is 11.8 Å². The molecule has 1 saturated heterocycles. The largest absolute Gasteiger partial charge is 0.480 e. The van der Waals surface area contributed by atoms with Crippen LogP contribution >= 0.6 is 11.8 Å². The number of nitro groups is 1. The minimum Gasteiger partial charge on any atom is -0.480 e. The van der Waals surface area contributed by atoms with E-state index in [4.69, 9.17) is 0 Å². The van der Waals surface area contributed by atoms with Crippen LogP contribution in [-0.4, -0.2) is 53.6 Å². The normalized spacial score (nSPS) is 16.8. The fourth-order valence-corrected chi connectivity index (χ4v) is 4.30. The van der Waals surface area contributed by atoms with E-state index in [2.05, 4.69) is 5.32 Å². The molecule has 0 aromatic heterocycles. The van der Waals surface area contributed by atoms with Crippen molar-refractivity contribution in [3.8, 4) is 0 Å². The minimum absolute atomic E-state index is 0.215. The maximum absolute atomic E-state index is 12.5. The number of amides is 1. The van der Waals surface area contributed by atoms with Crippen LogP contribution in [0.3, 0.4) is 0 Å². The van der Waals surface area contributed by atoms with Crippen molar-refractivity contribution in [1.29, 1.82) is 0 Å². The van der Waals surface area contributed by atoms with Gasteiger partial charge < -0.3 is 10.4 Å². The second kappa shape index (κ2) is 7.00. The number of nitrogens with one attached hydrogen (secondary N) is 1.